The number of aliphatic hydroxyl groups is 1. The average molecular weight is 568 g/mol. The molecule has 1 atom stereocenters. The molecule has 0 amide bonds. The fourth-order valence-electron chi connectivity index (χ4n) is 2.79. The zero-order valence-electron chi connectivity index (χ0n) is 18.4. The summed E-state index contributed by atoms with van der Waals surface area (Å²) in [4.78, 5) is 8.95. The molecule has 0 fully saturated rings. The number of aliphatic imine (C=N–C) groups is 1. The van der Waals surface area contributed by atoms with Crippen molar-refractivity contribution in [3.8, 4) is 17.4 Å². The summed E-state index contributed by atoms with van der Waals surface area (Å²) in [6.07, 6.45) is 1.74. The second kappa shape index (κ2) is 12.6. The minimum absolute atomic E-state index is 0. The number of benzene rings is 1. The first-order chi connectivity index (χ1) is 15.0. The van der Waals surface area contributed by atoms with Gasteiger partial charge in [0.1, 0.15) is 17.1 Å². The van der Waals surface area contributed by atoms with Crippen LogP contribution >= 0.6 is 35.3 Å². The Morgan fingerprint density at radius 1 is 1.19 bits per heavy atom. The van der Waals surface area contributed by atoms with E-state index in [0.29, 0.717) is 30.7 Å². The molecular weight excluding hydrogens is 539 g/mol. The molecule has 0 radical (unpaired) electrons. The van der Waals surface area contributed by atoms with Gasteiger partial charge in [-0.3, -0.25) is 0 Å². The number of ether oxygens (including phenoxy) is 2. The van der Waals surface area contributed by atoms with Gasteiger partial charge in [-0.1, -0.05) is 12.1 Å². The van der Waals surface area contributed by atoms with Gasteiger partial charge in [0.25, 0.3) is 0 Å². The highest BCUT2D eigenvalue weighted by atomic mass is 127. The molecule has 0 aliphatic heterocycles. The third kappa shape index (κ3) is 7.64. The van der Waals surface area contributed by atoms with Crippen molar-refractivity contribution in [1.82, 2.24) is 15.6 Å². The van der Waals surface area contributed by atoms with E-state index in [0.717, 1.165) is 23.4 Å². The normalized spacial score (nSPS) is 12.9. The maximum absolute atomic E-state index is 10.7. The summed E-state index contributed by atoms with van der Waals surface area (Å²) in [6.45, 7) is 5.30. The summed E-state index contributed by atoms with van der Waals surface area (Å²) >= 11 is 1.56. The molecule has 7 nitrogen and oxygen atoms in total. The third-order valence-electron chi connectivity index (χ3n) is 4.57. The molecule has 0 saturated heterocycles. The lowest BCUT2D eigenvalue weighted by atomic mass is 9.99. The van der Waals surface area contributed by atoms with E-state index in [-0.39, 0.29) is 24.0 Å². The quantitative estimate of drug-likeness (QED) is 0.200. The monoisotopic (exact) mass is 568 g/mol. The zero-order valence-corrected chi connectivity index (χ0v) is 21.5. The summed E-state index contributed by atoms with van der Waals surface area (Å²) in [7, 11) is 1.62. The summed E-state index contributed by atoms with van der Waals surface area (Å²) in [6, 6.07) is 13.0. The molecule has 2 aromatic heterocycles. The average Bonchev–Trinajstić information content (AvgIpc) is 3.33. The van der Waals surface area contributed by atoms with Gasteiger partial charge < -0.3 is 25.2 Å². The molecule has 0 bridgehead atoms. The first kappa shape index (κ1) is 25.9. The molecule has 1 aromatic carbocycles. The molecule has 1 unspecified atom stereocenters. The molecule has 0 aliphatic rings. The number of pyridine rings is 1. The van der Waals surface area contributed by atoms with Crippen molar-refractivity contribution in [1.29, 1.82) is 0 Å². The van der Waals surface area contributed by atoms with Crippen LogP contribution in [0.1, 0.15) is 25.0 Å². The van der Waals surface area contributed by atoms with Crippen LogP contribution in [0.25, 0.3) is 0 Å². The lowest BCUT2D eigenvalue weighted by Gasteiger charge is -2.24. The molecule has 0 spiro atoms. The van der Waals surface area contributed by atoms with Crippen molar-refractivity contribution in [2.75, 3.05) is 20.2 Å². The van der Waals surface area contributed by atoms with Gasteiger partial charge in [0.15, 0.2) is 5.96 Å². The SMILES string of the molecule is CCNC(=NCc1ccc(Oc2cccc(OC)c2)nc1)NCC(C)(O)c1ccsc1.I. The van der Waals surface area contributed by atoms with Crippen LogP contribution in [0.5, 0.6) is 17.4 Å². The van der Waals surface area contributed by atoms with E-state index >= 15 is 0 Å². The Bertz CT molecular complexity index is 979. The van der Waals surface area contributed by atoms with Gasteiger partial charge in [0.05, 0.1) is 20.2 Å². The molecule has 3 aromatic rings. The Morgan fingerprint density at radius 3 is 2.66 bits per heavy atom. The van der Waals surface area contributed by atoms with Crippen LogP contribution in [0.15, 0.2) is 64.4 Å². The van der Waals surface area contributed by atoms with E-state index in [2.05, 4.69) is 20.6 Å². The first-order valence-corrected chi connectivity index (χ1v) is 11.0. The van der Waals surface area contributed by atoms with Crippen molar-refractivity contribution in [3.63, 3.8) is 0 Å². The number of nitrogens with zero attached hydrogens (tertiary/aromatic N) is 2. The predicted molar refractivity (Wildman–Crippen MR) is 139 cm³/mol. The Balaban J connectivity index is 0.00000363. The largest absolute Gasteiger partial charge is 0.497 e. The number of nitrogens with one attached hydrogen (secondary N) is 2. The van der Waals surface area contributed by atoms with Gasteiger partial charge in [0, 0.05) is 24.9 Å². The summed E-state index contributed by atoms with van der Waals surface area (Å²) in [5.41, 5.74) is 0.855. The van der Waals surface area contributed by atoms with Crippen molar-refractivity contribution in [2.45, 2.75) is 26.0 Å². The lowest BCUT2D eigenvalue weighted by molar-refractivity contribution is 0.0621. The van der Waals surface area contributed by atoms with Gasteiger partial charge in [-0.05, 0) is 53.9 Å². The number of thiophene rings is 1. The fourth-order valence-corrected chi connectivity index (χ4v) is 3.57. The van der Waals surface area contributed by atoms with E-state index in [1.165, 1.54) is 0 Å². The summed E-state index contributed by atoms with van der Waals surface area (Å²) in [5.74, 6) is 2.52. The van der Waals surface area contributed by atoms with Crippen LogP contribution in [-0.2, 0) is 12.1 Å². The Morgan fingerprint density at radius 2 is 2.00 bits per heavy atom. The van der Waals surface area contributed by atoms with E-state index in [1.807, 2.05) is 54.1 Å². The minimum atomic E-state index is -0.975. The summed E-state index contributed by atoms with van der Waals surface area (Å²) in [5, 5.41) is 21.0. The number of rotatable bonds is 9. The van der Waals surface area contributed by atoms with Crippen molar-refractivity contribution in [3.05, 3.63) is 70.5 Å². The molecule has 172 valence electrons. The van der Waals surface area contributed by atoms with Crippen molar-refractivity contribution in [2.24, 2.45) is 4.99 Å². The fraction of sp³-hybridized carbons (Fsp3) is 0.304. The third-order valence-corrected chi connectivity index (χ3v) is 5.25. The predicted octanol–water partition coefficient (Wildman–Crippen LogP) is 4.52. The second-order valence-electron chi connectivity index (χ2n) is 7.12. The highest BCUT2D eigenvalue weighted by Gasteiger charge is 2.23. The molecule has 0 saturated carbocycles. The van der Waals surface area contributed by atoms with Crippen LogP contribution in [0.4, 0.5) is 0 Å². The molecule has 3 rings (SSSR count). The smallest absolute Gasteiger partial charge is 0.219 e. The number of aromatic nitrogens is 1. The highest BCUT2D eigenvalue weighted by molar-refractivity contribution is 14.0. The number of hydrogen-bond acceptors (Lipinski definition) is 6. The molecule has 3 N–H and O–H groups in total. The van der Waals surface area contributed by atoms with Crippen LogP contribution in [0, 0.1) is 0 Å². The van der Waals surface area contributed by atoms with Crippen molar-refractivity contribution >= 4 is 41.3 Å². The Labute approximate surface area is 209 Å². The molecular formula is C23H29IN4O3S. The lowest BCUT2D eigenvalue weighted by Crippen LogP contribution is -2.44. The van der Waals surface area contributed by atoms with E-state index in [1.54, 1.807) is 37.6 Å². The standard InChI is InChI=1S/C23H28N4O3S.HI/c1-4-24-22(27-16-23(2,28)18-10-11-31-15-18)26-14-17-8-9-21(25-13-17)30-20-7-5-6-19(12-20)29-3;/h5-13,15,28H,4,14,16H2,1-3H3,(H2,24,26,27);1H. The topological polar surface area (TPSA) is 88.0 Å². The molecule has 2 heterocycles. The molecule has 0 aliphatic carbocycles. The van der Waals surface area contributed by atoms with Crippen LogP contribution in [0.2, 0.25) is 0 Å². The van der Waals surface area contributed by atoms with Crippen LogP contribution in [-0.4, -0.2) is 36.2 Å². The maximum atomic E-state index is 10.7. The van der Waals surface area contributed by atoms with Gasteiger partial charge >= 0.3 is 0 Å². The minimum Gasteiger partial charge on any atom is -0.497 e. The summed E-state index contributed by atoms with van der Waals surface area (Å²) < 4.78 is 11.0. The van der Waals surface area contributed by atoms with Gasteiger partial charge in [-0.25, -0.2) is 9.98 Å². The van der Waals surface area contributed by atoms with Gasteiger partial charge in [0.2, 0.25) is 5.88 Å². The van der Waals surface area contributed by atoms with Crippen LogP contribution < -0.4 is 20.1 Å². The number of guanidine groups is 1. The highest BCUT2D eigenvalue weighted by Crippen LogP contribution is 2.24. The molecule has 32 heavy (non-hydrogen) atoms. The maximum Gasteiger partial charge on any atom is 0.219 e. The first-order valence-electron chi connectivity index (χ1n) is 10.0. The zero-order chi connectivity index (χ0) is 22.1. The van der Waals surface area contributed by atoms with E-state index in [4.69, 9.17) is 9.47 Å². The van der Waals surface area contributed by atoms with E-state index < -0.39 is 5.60 Å². The Kier molecular flexibility index (Phi) is 10.2. The Hall–Kier alpha value is -2.37. The van der Waals surface area contributed by atoms with E-state index in [9.17, 15) is 5.11 Å². The van der Waals surface area contributed by atoms with Crippen molar-refractivity contribution < 1.29 is 14.6 Å². The second-order valence-corrected chi connectivity index (χ2v) is 7.90. The van der Waals surface area contributed by atoms with Gasteiger partial charge in [-0.15, -0.1) is 24.0 Å². The van der Waals surface area contributed by atoms with Gasteiger partial charge in [-0.2, -0.15) is 11.3 Å². The number of methoxy groups -OCH3 is 1. The van der Waals surface area contributed by atoms with Crippen LogP contribution in [0.3, 0.4) is 0 Å². The number of halogens is 1. The molecule has 9 heteroatoms. The number of hydrogen-bond donors (Lipinski definition) is 3.